The molecule has 0 amide bonds. The van der Waals surface area contributed by atoms with Crippen LogP contribution in [0.2, 0.25) is 0 Å². The number of para-hydroxylation sites is 2. The van der Waals surface area contributed by atoms with Gasteiger partial charge in [-0.3, -0.25) is 9.35 Å². The van der Waals surface area contributed by atoms with Gasteiger partial charge >= 0.3 is 0 Å². The Balaban J connectivity index is 2.22. The summed E-state index contributed by atoms with van der Waals surface area (Å²) in [5.74, 6) is 12.6. The number of nitrogens with two attached hydrogens (primary N) is 2. The van der Waals surface area contributed by atoms with Gasteiger partial charge in [-0.2, -0.15) is 0 Å². The van der Waals surface area contributed by atoms with E-state index in [0.29, 0.717) is 0 Å². The molecule has 0 radical (unpaired) electrons. The highest BCUT2D eigenvalue weighted by Crippen LogP contribution is 2.38. The maximum atomic E-state index is 6.30. The molecule has 2 aromatic heterocycles. The Kier molecular flexibility index (Phi) is 1.96. The van der Waals surface area contributed by atoms with Crippen molar-refractivity contribution in [2.45, 2.75) is 0 Å². The van der Waals surface area contributed by atoms with Gasteiger partial charge in [-0.25, -0.2) is 0 Å². The van der Waals surface area contributed by atoms with Gasteiger partial charge in [-0.05, 0) is 24.3 Å². The van der Waals surface area contributed by atoms with Crippen molar-refractivity contribution in [3.05, 3.63) is 60.7 Å². The van der Waals surface area contributed by atoms with Gasteiger partial charge in [0.25, 0.3) is 0 Å². The molecule has 0 aliphatic rings. The number of fused-ring (bicyclic) bond motifs is 7. The zero-order valence-corrected chi connectivity index (χ0v) is 11.8. The van der Waals surface area contributed by atoms with E-state index in [4.69, 9.17) is 11.7 Å². The van der Waals surface area contributed by atoms with Crippen LogP contribution in [-0.2, 0) is 0 Å². The van der Waals surface area contributed by atoms with E-state index in [1.54, 1.807) is 9.35 Å². The van der Waals surface area contributed by atoms with Gasteiger partial charge in [0, 0.05) is 21.5 Å². The minimum atomic E-state index is 1.02. The Bertz CT molecular complexity index is 1100. The lowest BCUT2D eigenvalue weighted by Crippen LogP contribution is -2.07. The predicted octanol–water partition coefficient (Wildman–Crippen LogP) is 3.33. The Morgan fingerprint density at radius 3 is 1.36 bits per heavy atom. The number of nitrogen functional groups attached to an aromatic ring is 2. The standard InChI is InChI=1S/C18H14N4/c19-21-13-7-3-1-5-11(13)17-15(21)9-10-16-18(17)12-6-2-4-8-14(12)22(16)20/h1-10H,19-20H2. The summed E-state index contributed by atoms with van der Waals surface area (Å²) < 4.78 is 3.51. The number of nitrogens with zero attached hydrogens (tertiary/aromatic N) is 2. The first-order valence-electron chi connectivity index (χ1n) is 7.23. The number of benzene rings is 3. The fourth-order valence-electron chi connectivity index (χ4n) is 3.58. The van der Waals surface area contributed by atoms with Gasteiger partial charge < -0.3 is 11.7 Å². The van der Waals surface area contributed by atoms with Gasteiger partial charge in [0.2, 0.25) is 0 Å². The Labute approximate surface area is 126 Å². The summed E-state index contributed by atoms with van der Waals surface area (Å²) in [4.78, 5) is 0. The van der Waals surface area contributed by atoms with Crippen LogP contribution in [0.15, 0.2) is 60.7 Å². The summed E-state index contributed by atoms with van der Waals surface area (Å²) in [5.41, 5.74) is 4.09. The smallest absolute Gasteiger partial charge is 0.0711 e. The average Bonchev–Trinajstić information content (AvgIpc) is 3.02. The molecule has 5 rings (SSSR count). The molecule has 0 unspecified atom stereocenters. The summed E-state index contributed by atoms with van der Waals surface area (Å²) in [7, 11) is 0. The molecule has 0 saturated carbocycles. The lowest BCUT2D eigenvalue weighted by Gasteiger charge is -2.00. The van der Waals surface area contributed by atoms with Crippen molar-refractivity contribution in [1.29, 1.82) is 0 Å². The van der Waals surface area contributed by atoms with Crippen molar-refractivity contribution >= 4 is 43.6 Å². The van der Waals surface area contributed by atoms with Crippen LogP contribution in [0.5, 0.6) is 0 Å². The molecule has 5 aromatic rings. The molecule has 4 N–H and O–H groups in total. The number of aromatic nitrogens is 2. The Hall–Kier alpha value is -3.14. The molecule has 22 heavy (non-hydrogen) atoms. The molecular formula is C18H14N4. The van der Waals surface area contributed by atoms with Crippen LogP contribution in [-0.4, -0.2) is 9.35 Å². The van der Waals surface area contributed by atoms with E-state index in [2.05, 4.69) is 12.1 Å². The van der Waals surface area contributed by atoms with Crippen LogP contribution in [0.1, 0.15) is 0 Å². The maximum absolute atomic E-state index is 6.30. The molecule has 0 aliphatic heterocycles. The van der Waals surface area contributed by atoms with E-state index in [0.717, 1.165) is 43.6 Å². The maximum Gasteiger partial charge on any atom is 0.0711 e. The molecule has 0 aliphatic carbocycles. The molecule has 4 nitrogen and oxygen atoms in total. The SMILES string of the molecule is Nn1c2ccccc2c2c3c4ccccc4n(N)c3ccc21. The first-order valence-corrected chi connectivity index (χ1v) is 7.23. The second-order valence-electron chi connectivity index (χ2n) is 5.63. The van der Waals surface area contributed by atoms with Gasteiger partial charge in [0.15, 0.2) is 0 Å². The monoisotopic (exact) mass is 286 g/mol. The highest BCUT2D eigenvalue weighted by molar-refractivity contribution is 6.28. The first kappa shape index (κ1) is 11.5. The largest absolute Gasteiger partial charge is 0.339 e. The van der Waals surface area contributed by atoms with E-state index < -0.39 is 0 Å². The summed E-state index contributed by atoms with van der Waals surface area (Å²) in [5, 5.41) is 4.64. The average molecular weight is 286 g/mol. The normalized spacial score (nSPS) is 12.0. The van der Waals surface area contributed by atoms with Crippen molar-refractivity contribution in [2.24, 2.45) is 0 Å². The molecule has 0 spiro atoms. The highest BCUT2D eigenvalue weighted by atomic mass is 15.3. The van der Waals surface area contributed by atoms with Crippen LogP contribution in [0.4, 0.5) is 0 Å². The van der Waals surface area contributed by atoms with Crippen molar-refractivity contribution in [2.75, 3.05) is 11.7 Å². The van der Waals surface area contributed by atoms with Crippen LogP contribution in [0.3, 0.4) is 0 Å². The van der Waals surface area contributed by atoms with Gasteiger partial charge in [-0.15, -0.1) is 0 Å². The van der Waals surface area contributed by atoms with Crippen LogP contribution in [0.25, 0.3) is 43.6 Å². The first-order chi connectivity index (χ1) is 10.8. The Morgan fingerprint density at radius 2 is 0.909 bits per heavy atom. The summed E-state index contributed by atoms with van der Waals surface area (Å²) >= 11 is 0. The van der Waals surface area contributed by atoms with E-state index in [1.807, 2.05) is 48.5 Å². The summed E-state index contributed by atoms with van der Waals surface area (Å²) in [6.07, 6.45) is 0. The van der Waals surface area contributed by atoms with Gasteiger partial charge in [0.1, 0.15) is 0 Å². The number of hydrogen-bond donors (Lipinski definition) is 2. The third-order valence-corrected chi connectivity index (χ3v) is 4.55. The van der Waals surface area contributed by atoms with E-state index in [9.17, 15) is 0 Å². The molecule has 0 saturated heterocycles. The fraction of sp³-hybridized carbons (Fsp3) is 0. The highest BCUT2D eigenvalue weighted by Gasteiger charge is 2.16. The van der Waals surface area contributed by atoms with Crippen LogP contribution >= 0.6 is 0 Å². The molecule has 0 atom stereocenters. The molecule has 0 bridgehead atoms. The molecule has 0 fully saturated rings. The van der Waals surface area contributed by atoms with Crippen molar-refractivity contribution in [1.82, 2.24) is 9.35 Å². The molecule has 2 heterocycles. The van der Waals surface area contributed by atoms with Gasteiger partial charge in [-0.1, -0.05) is 36.4 Å². The lowest BCUT2D eigenvalue weighted by molar-refractivity contribution is 1.11. The second-order valence-corrected chi connectivity index (χ2v) is 5.63. The lowest BCUT2D eigenvalue weighted by atomic mass is 10.1. The third-order valence-electron chi connectivity index (χ3n) is 4.55. The summed E-state index contributed by atoms with van der Waals surface area (Å²) in [6, 6.07) is 20.5. The number of hydrogen-bond acceptors (Lipinski definition) is 2. The second kappa shape index (κ2) is 3.74. The fourth-order valence-corrected chi connectivity index (χ4v) is 3.58. The Morgan fingerprint density at radius 1 is 0.500 bits per heavy atom. The molecule has 4 heteroatoms. The van der Waals surface area contributed by atoms with Gasteiger partial charge in [0.05, 0.1) is 22.1 Å². The molecule has 3 aromatic carbocycles. The van der Waals surface area contributed by atoms with Crippen LogP contribution < -0.4 is 11.7 Å². The predicted molar refractivity (Wildman–Crippen MR) is 92.7 cm³/mol. The molecular weight excluding hydrogens is 272 g/mol. The summed E-state index contributed by atoms with van der Waals surface area (Å²) in [6.45, 7) is 0. The van der Waals surface area contributed by atoms with Crippen LogP contribution in [0, 0.1) is 0 Å². The zero-order valence-electron chi connectivity index (χ0n) is 11.8. The van der Waals surface area contributed by atoms with E-state index in [-0.39, 0.29) is 0 Å². The van der Waals surface area contributed by atoms with E-state index >= 15 is 0 Å². The van der Waals surface area contributed by atoms with E-state index in [1.165, 1.54) is 0 Å². The minimum Gasteiger partial charge on any atom is -0.339 e. The third kappa shape index (κ3) is 1.18. The molecule has 106 valence electrons. The van der Waals surface area contributed by atoms with Crippen molar-refractivity contribution in [3.63, 3.8) is 0 Å². The quantitative estimate of drug-likeness (QED) is 0.429. The van der Waals surface area contributed by atoms with Crippen molar-refractivity contribution < 1.29 is 0 Å². The zero-order chi connectivity index (χ0) is 14.8. The minimum absolute atomic E-state index is 1.02. The van der Waals surface area contributed by atoms with Crippen molar-refractivity contribution in [3.8, 4) is 0 Å². The number of rotatable bonds is 0. The topological polar surface area (TPSA) is 61.9 Å².